The zero-order chi connectivity index (χ0) is 16.5. The number of aliphatic hydroxyl groups excluding tert-OH is 1. The molecule has 4 rings (SSSR count). The number of hydrogen-bond donors (Lipinski definition) is 2. The molecule has 1 fully saturated rings. The van der Waals surface area contributed by atoms with E-state index in [0.717, 1.165) is 13.0 Å². The van der Waals surface area contributed by atoms with Crippen molar-refractivity contribution in [1.82, 2.24) is 19.6 Å². The monoisotopic (exact) mass is 324 g/mol. The number of anilines is 2. The number of hydrogen-bond acceptors (Lipinski definition) is 6. The van der Waals surface area contributed by atoms with E-state index in [2.05, 4.69) is 20.4 Å². The van der Waals surface area contributed by atoms with E-state index in [1.54, 1.807) is 24.5 Å². The zero-order valence-corrected chi connectivity index (χ0v) is 12.8. The number of nitrogens with zero attached hydrogens (tertiary/aromatic N) is 5. The lowest BCUT2D eigenvalue weighted by Crippen LogP contribution is -2.23. The smallest absolute Gasteiger partial charge is 0.276 e. The van der Waals surface area contributed by atoms with Gasteiger partial charge in [-0.15, -0.1) is 5.10 Å². The van der Waals surface area contributed by atoms with Crippen LogP contribution < -0.4 is 10.2 Å². The Balaban J connectivity index is 1.64. The topological polar surface area (TPSA) is 95.7 Å². The summed E-state index contributed by atoms with van der Waals surface area (Å²) in [5, 5.41) is 17.0. The van der Waals surface area contributed by atoms with Crippen molar-refractivity contribution in [2.24, 2.45) is 0 Å². The van der Waals surface area contributed by atoms with Crippen molar-refractivity contribution >= 4 is 23.1 Å². The fourth-order valence-electron chi connectivity index (χ4n) is 2.77. The van der Waals surface area contributed by atoms with Gasteiger partial charge in [-0.05, 0) is 30.7 Å². The molecular weight excluding hydrogens is 308 g/mol. The summed E-state index contributed by atoms with van der Waals surface area (Å²) in [6.07, 6.45) is 5.10. The van der Waals surface area contributed by atoms with Crippen molar-refractivity contribution in [2.75, 3.05) is 23.3 Å². The first-order chi connectivity index (χ1) is 11.7. The second kappa shape index (κ2) is 5.89. The molecule has 0 radical (unpaired) electrons. The average Bonchev–Trinajstić information content (AvgIpc) is 3.21. The maximum Gasteiger partial charge on any atom is 0.276 e. The van der Waals surface area contributed by atoms with Gasteiger partial charge in [-0.1, -0.05) is 0 Å². The van der Waals surface area contributed by atoms with Gasteiger partial charge in [0.1, 0.15) is 5.82 Å². The molecule has 1 atom stereocenters. The second-order valence-corrected chi connectivity index (χ2v) is 5.69. The molecule has 1 aliphatic heterocycles. The molecule has 3 aromatic rings. The Morgan fingerprint density at radius 3 is 2.96 bits per heavy atom. The molecule has 0 bridgehead atoms. The molecule has 4 heterocycles. The van der Waals surface area contributed by atoms with Gasteiger partial charge in [0.15, 0.2) is 11.3 Å². The SMILES string of the molecule is O=C(Nc1cccnc1)c1cnc2ccc(N3CC[C@H](O)C3)nn12. The van der Waals surface area contributed by atoms with E-state index in [1.807, 2.05) is 17.0 Å². The minimum absolute atomic E-state index is 0.304. The molecule has 0 spiro atoms. The van der Waals surface area contributed by atoms with Crippen LogP contribution in [0.25, 0.3) is 5.65 Å². The van der Waals surface area contributed by atoms with Crippen LogP contribution in [0, 0.1) is 0 Å². The molecule has 3 aromatic heterocycles. The summed E-state index contributed by atoms with van der Waals surface area (Å²) < 4.78 is 1.52. The van der Waals surface area contributed by atoms with E-state index >= 15 is 0 Å². The highest BCUT2D eigenvalue weighted by Gasteiger charge is 2.22. The van der Waals surface area contributed by atoms with Crippen molar-refractivity contribution < 1.29 is 9.90 Å². The molecule has 24 heavy (non-hydrogen) atoms. The third-order valence-electron chi connectivity index (χ3n) is 3.99. The number of imidazole rings is 1. The third kappa shape index (κ3) is 2.67. The van der Waals surface area contributed by atoms with E-state index in [1.165, 1.54) is 10.7 Å². The Morgan fingerprint density at radius 1 is 1.29 bits per heavy atom. The summed E-state index contributed by atoms with van der Waals surface area (Å²) in [5.74, 6) is 0.411. The number of amides is 1. The first-order valence-corrected chi connectivity index (χ1v) is 7.70. The zero-order valence-electron chi connectivity index (χ0n) is 12.8. The minimum Gasteiger partial charge on any atom is -0.391 e. The predicted molar refractivity (Wildman–Crippen MR) is 88.0 cm³/mol. The quantitative estimate of drug-likeness (QED) is 0.745. The molecule has 0 saturated carbocycles. The van der Waals surface area contributed by atoms with Gasteiger partial charge in [0, 0.05) is 19.3 Å². The van der Waals surface area contributed by atoms with Crippen LogP contribution >= 0.6 is 0 Å². The molecule has 1 amide bonds. The maximum absolute atomic E-state index is 12.5. The molecule has 0 aliphatic carbocycles. The number of fused-ring (bicyclic) bond motifs is 1. The molecule has 0 aromatic carbocycles. The highest BCUT2D eigenvalue weighted by molar-refractivity contribution is 6.03. The van der Waals surface area contributed by atoms with Crippen LogP contribution in [0.15, 0.2) is 42.9 Å². The van der Waals surface area contributed by atoms with Crippen LogP contribution in [0.2, 0.25) is 0 Å². The summed E-state index contributed by atoms with van der Waals surface area (Å²) in [5.41, 5.74) is 1.54. The highest BCUT2D eigenvalue weighted by Crippen LogP contribution is 2.19. The largest absolute Gasteiger partial charge is 0.391 e. The van der Waals surface area contributed by atoms with Gasteiger partial charge < -0.3 is 15.3 Å². The lowest BCUT2D eigenvalue weighted by Gasteiger charge is -2.16. The number of nitrogens with one attached hydrogen (secondary N) is 1. The average molecular weight is 324 g/mol. The number of rotatable bonds is 3. The molecular formula is C16H16N6O2. The second-order valence-electron chi connectivity index (χ2n) is 5.69. The summed E-state index contributed by atoms with van der Waals surface area (Å²) in [4.78, 5) is 22.7. The first-order valence-electron chi connectivity index (χ1n) is 7.70. The van der Waals surface area contributed by atoms with Gasteiger partial charge >= 0.3 is 0 Å². The molecule has 1 aliphatic rings. The molecule has 0 unspecified atom stereocenters. The van der Waals surface area contributed by atoms with Gasteiger partial charge in [-0.2, -0.15) is 0 Å². The van der Waals surface area contributed by atoms with E-state index in [9.17, 15) is 9.90 Å². The van der Waals surface area contributed by atoms with Gasteiger partial charge in [0.2, 0.25) is 0 Å². The fraction of sp³-hybridized carbons (Fsp3) is 0.250. The number of aromatic nitrogens is 4. The predicted octanol–water partition coefficient (Wildman–Crippen LogP) is 0.948. The molecule has 122 valence electrons. The normalized spacial score (nSPS) is 17.4. The Morgan fingerprint density at radius 2 is 2.21 bits per heavy atom. The van der Waals surface area contributed by atoms with Crippen LogP contribution in [0.5, 0.6) is 0 Å². The standard InChI is InChI=1S/C16H16N6O2/c23-12-5-7-21(10-12)15-4-3-14-18-9-13(22(14)20-15)16(24)19-11-2-1-6-17-8-11/h1-4,6,8-9,12,23H,5,7,10H2,(H,19,24)/t12-/m0/s1. The van der Waals surface area contributed by atoms with Crippen molar-refractivity contribution in [2.45, 2.75) is 12.5 Å². The number of carbonyl (C=O) groups excluding carboxylic acids is 1. The number of carbonyl (C=O) groups is 1. The van der Waals surface area contributed by atoms with Crippen molar-refractivity contribution in [3.8, 4) is 0 Å². The molecule has 2 N–H and O–H groups in total. The molecule has 8 nitrogen and oxygen atoms in total. The minimum atomic E-state index is -0.335. The maximum atomic E-state index is 12.5. The van der Waals surface area contributed by atoms with Crippen LogP contribution in [-0.2, 0) is 0 Å². The van der Waals surface area contributed by atoms with Crippen molar-refractivity contribution in [3.63, 3.8) is 0 Å². The van der Waals surface area contributed by atoms with Gasteiger partial charge in [-0.3, -0.25) is 9.78 Å². The van der Waals surface area contributed by atoms with Crippen LogP contribution in [0.3, 0.4) is 0 Å². The summed E-state index contributed by atoms with van der Waals surface area (Å²) in [7, 11) is 0. The van der Waals surface area contributed by atoms with Crippen LogP contribution in [-0.4, -0.2) is 49.8 Å². The highest BCUT2D eigenvalue weighted by atomic mass is 16.3. The van der Waals surface area contributed by atoms with E-state index < -0.39 is 0 Å². The van der Waals surface area contributed by atoms with E-state index in [0.29, 0.717) is 29.4 Å². The van der Waals surface area contributed by atoms with E-state index in [-0.39, 0.29) is 12.0 Å². The van der Waals surface area contributed by atoms with Gasteiger partial charge in [0.05, 0.1) is 24.2 Å². The van der Waals surface area contributed by atoms with Gasteiger partial charge in [-0.25, -0.2) is 9.50 Å². The fourth-order valence-corrected chi connectivity index (χ4v) is 2.77. The number of aliphatic hydroxyl groups is 1. The Hall–Kier alpha value is -3.00. The third-order valence-corrected chi connectivity index (χ3v) is 3.99. The van der Waals surface area contributed by atoms with E-state index in [4.69, 9.17) is 0 Å². The Labute approximate surface area is 137 Å². The molecule has 1 saturated heterocycles. The molecule has 8 heteroatoms. The summed E-state index contributed by atoms with van der Waals surface area (Å²) in [6.45, 7) is 1.29. The van der Waals surface area contributed by atoms with Crippen molar-refractivity contribution in [3.05, 3.63) is 48.5 Å². The summed E-state index contributed by atoms with van der Waals surface area (Å²) >= 11 is 0. The van der Waals surface area contributed by atoms with Crippen LogP contribution in [0.4, 0.5) is 11.5 Å². The lowest BCUT2D eigenvalue weighted by atomic mass is 10.3. The Kier molecular flexibility index (Phi) is 3.58. The number of β-amino-alcohol motifs (C(OH)–C–C–N with tert-alkyl or cyclic N) is 1. The lowest BCUT2D eigenvalue weighted by molar-refractivity contribution is 0.102. The summed E-state index contributed by atoms with van der Waals surface area (Å²) in [6, 6.07) is 7.18. The first kappa shape index (κ1) is 14.6. The van der Waals surface area contributed by atoms with Crippen LogP contribution in [0.1, 0.15) is 16.9 Å². The van der Waals surface area contributed by atoms with Crippen molar-refractivity contribution in [1.29, 1.82) is 0 Å². The van der Waals surface area contributed by atoms with Gasteiger partial charge in [0.25, 0.3) is 5.91 Å². The Bertz CT molecular complexity index is 879. The number of pyridine rings is 1.